The third-order valence-electron chi connectivity index (χ3n) is 3.03. The molecule has 9 nitrogen and oxygen atoms in total. The first kappa shape index (κ1) is 14.7. The van der Waals surface area contributed by atoms with Crippen molar-refractivity contribution in [2.75, 3.05) is 17.7 Å². The predicted molar refractivity (Wildman–Crippen MR) is 78.2 cm³/mol. The molecule has 2 heterocycles. The summed E-state index contributed by atoms with van der Waals surface area (Å²) >= 11 is 0. The highest BCUT2D eigenvalue weighted by Crippen LogP contribution is 2.26. The molecule has 0 spiro atoms. The summed E-state index contributed by atoms with van der Waals surface area (Å²) in [5.41, 5.74) is 2.02. The van der Waals surface area contributed by atoms with Gasteiger partial charge in [-0.15, -0.1) is 0 Å². The van der Waals surface area contributed by atoms with Gasteiger partial charge in [0.05, 0.1) is 10.6 Å². The van der Waals surface area contributed by atoms with Crippen LogP contribution in [0.4, 0.5) is 17.5 Å². The van der Waals surface area contributed by atoms with E-state index in [-0.39, 0.29) is 11.5 Å². The number of aromatic nitrogens is 4. The molecule has 0 aliphatic heterocycles. The van der Waals surface area contributed by atoms with Crippen molar-refractivity contribution in [1.82, 2.24) is 19.7 Å². The van der Waals surface area contributed by atoms with Gasteiger partial charge >= 0.3 is 5.69 Å². The second kappa shape index (κ2) is 5.73. The van der Waals surface area contributed by atoms with Gasteiger partial charge in [0.1, 0.15) is 5.69 Å². The molecule has 2 rings (SSSR count). The average Bonchev–Trinajstić information content (AvgIpc) is 2.73. The third-order valence-corrected chi connectivity index (χ3v) is 3.03. The fraction of sp³-hybridized carbons (Fsp3) is 0.417. The molecule has 0 atom stereocenters. The van der Waals surface area contributed by atoms with Crippen molar-refractivity contribution >= 4 is 17.5 Å². The fourth-order valence-electron chi connectivity index (χ4n) is 2.02. The summed E-state index contributed by atoms with van der Waals surface area (Å²) in [4.78, 5) is 18.8. The quantitative estimate of drug-likeness (QED) is 0.632. The Morgan fingerprint density at radius 3 is 2.57 bits per heavy atom. The number of aryl methyl sites for hydroxylation is 3. The number of rotatable bonds is 5. The maximum atomic E-state index is 11.2. The van der Waals surface area contributed by atoms with E-state index in [1.54, 1.807) is 18.7 Å². The van der Waals surface area contributed by atoms with Crippen LogP contribution in [0.15, 0.2) is 6.20 Å². The van der Waals surface area contributed by atoms with Crippen LogP contribution in [-0.4, -0.2) is 31.7 Å². The molecule has 0 aliphatic rings. The van der Waals surface area contributed by atoms with Crippen LogP contribution in [-0.2, 0) is 13.6 Å². The molecule has 0 bridgehead atoms. The minimum atomic E-state index is -0.479. The molecular formula is C12H17N7O2. The molecule has 9 heteroatoms. The van der Waals surface area contributed by atoms with E-state index in [4.69, 9.17) is 0 Å². The van der Waals surface area contributed by atoms with Gasteiger partial charge in [0, 0.05) is 32.4 Å². The van der Waals surface area contributed by atoms with Crippen LogP contribution >= 0.6 is 0 Å². The van der Waals surface area contributed by atoms with Gasteiger partial charge < -0.3 is 10.6 Å². The molecule has 2 aromatic heterocycles. The first-order valence-electron chi connectivity index (χ1n) is 6.36. The van der Waals surface area contributed by atoms with E-state index in [1.165, 1.54) is 0 Å². The lowest BCUT2D eigenvalue weighted by atomic mass is 10.2. The number of nitrogens with one attached hydrogen (secondary N) is 2. The molecule has 0 saturated carbocycles. The van der Waals surface area contributed by atoms with Crippen LogP contribution < -0.4 is 10.6 Å². The normalized spacial score (nSPS) is 10.5. The van der Waals surface area contributed by atoms with Gasteiger partial charge in [-0.25, -0.2) is 4.98 Å². The highest BCUT2D eigenvalue weighted by molar-refractivity contribution is 5.60. The molecular weight excluding hydrogens is 274 g/mol. The SMILES string of the molecule is CNc1nc(C)c([N+](=O)[O-])c(NCc2cn(C)nc2C)n1. The van der Waals surface area contributed by atoms with Crippen LogP contribution in [0.2, 0.25) is 0 Å². The Labute approximate surface area is 121 Å². The molecule has 112 valence electrons. The van der Waals surface area contributed by atoms with Crippen molar-refractivity contribution in [3.8, 4) is 0 Å². The Kier molecular flexibility index (Phi) is 4.01. The maximum absolute atomic E-state index is 11.2. The topological polar surface area (TPSA) is 111 Å². The predicted octanol–water partition coefficient (Wildman–Crippen LogP) is 1.39. The number of hydrogen-bond acceptors (Lipinski definition) is 7. The monoisotopic (exact) mass is 291 g/mol. The lowest BCUT2D eigenvalue weighted by molar-refractivity contribution is -0.385. The first-order chi connectivity index (χ1) is 9.92. The largest absolute Gasteiger partial charge is 0.360 e. The molecule has 0 fully saturated rings. The molecule has 0 aliphatic carbocycles. The van der Waals surface area contributed by atoms with E-state index in [2.05, 4.69) is 25.7 Å². The Morgan fingerprint density at radius 2 is 2.05 bits per heavy atom. The fourth-order valence-corrected chi connectivity index (χ4v) is 2.02. The summed E-state index contributed by atoms with van der Waals surface area (Å²) in [6.45, 7) is 3.87. The van der Waals surface area contributed by atoms with Crippen LogP contribution in [0.25, 0.3) is 0 Å². The van der Waals surface area contributed by atoms with Crippen LogP contribution in [0, 0.1) is 24.0 Å². The zero-order chi connectivity index (χ0) is 15.6. The standard InChI is InChI=1S/C12H17N7O2/c1-7-9(6-18(4)17-7)5-14-11-10(19(20)21)8(2)15-12(13-3)16-11/h6H,5H2,1-4H3,(H2,13,14,15,16). The number of nitrogens with zero attached hydrogens (tertiary/aromatic N) is 5. The minimum Gasteiger partial charge on any atom is -0.360 e. The van der Waals surface area contributed by atoms with E-state index in [0.717, 1.165) is 11.3 Å². The summed E-state index contributed by atoms with van der Waals surface area (Å²) in [7, 11) is 3.49. The Morgan fingerprint density at radius 1 is 1.33 bits per heavy atom. The Bertz CT molecular complexity index is 680. The van der Waals surface area contributed by atoms with Gasteiger partial charge in [-0.1, -0.05) is 0 Å². The highest BCUT2D eigenvalue weighted by atomic mass is 16.6. The van der Waals surface area contributed by atoms with Crippen molar-refractivity contribution in [3.05, 3.63) is 33.3 Å². The number of nitro groups is 1. The van der Waals surface area contributed by atoms with Crippen molar-refractivity contribution in [2.24, 2.45) is 7.05 Å². The van der Waals surface area contributed by atoms with Crippen LogP contribution in [0.5, 0.6) is 0 Å². The van der Waals surface area contributed by atoms with E-state index >= 15 is 0 Å². The summed E-state index contributed by atoms with van der Waals surface area (Å²) in [6.07, 6.45) is 1.86. The molecule has 0 saturated heterocycles. The molecule has 0 radical (unpaired) electrons. The molecule has 0 amide bonds. The number of anilines is 2. The van der Waals surface area contributed by atoms with Crippen molar-refractivity contribution in [1.29, 1.82) is 0 Å². The average molecular weight is 291 g/mol. The lowest BCUT2D eigenvalue weighted by Gasteiger charge is -2.09. The Balaban J connectivity index is 2.31. The summed E-state index contributed by atoms with van der Waals surface area (Å²) < 4.78 is 1.70. The van der Waals surface area contributed by atoms with E-state index in [1.807, 2.05) is 20.2 Å². The molecule has 21 heavy (non-hydrogen) atoms. The maximum Gasteiger partial charge on any atom is 0.332 e. The molecule has 2 aromatic rings. The smallest absolute Gasteiger partial charge is 0.332 e. The molecule has 2 N–H and O–H groups in total. The summed E-state index contributed by atoms with van der Waals surface area (Å²) in [6, 6.07) is 0. The Hall–Kier alpha value is -2.71. The minimum absolute atomic E-state index is 0.115. The van der Waals surface area contributed by atoms with Crippen molar-refractivity contribution in [3.63, 3.8) is 0 Å². The molecule has 0 unspecified atom stereocenters. The van der Waals surface area contributed by atoms with Crippen molar-refractivity contribution in [2.45, 2.75) is 20.4 Å². The first-order valence-corrected chi connectivity index (χ1v) is 6.36. The van der Waals surface area contributed by atoms with Crippen LogP contribution in [0.1, 0.15) is 17.0 Å². The van der Waals surface area contributed by atoms with Crippen molar-refractivity contribution < 1.29 is 4.92 Å². The third kappa shape index (κ3) is 3.07. The highest BCUT2D eigenvalue weighted by Gasteiger charge is 2.22. The van der Waals surface area contributed by atoms with Gasteiger partial charge in [-0.05, 0) is 13.8 Å². The lowest BCUT2D eigenvalue weighted by Crippen LogP contribution is -2.10. The second-order valence-electron chi connectivity index (χ2n) is 4.60. The van der Waals surface area contributed by atoms with E-state index in [9.17, 15) is 10.1 Å². The zero-order valence-corrected chi connectivity index (χ0v) is 12.3. The van der Waals surface area contributed by atoms with Gasteiger partial charge in [0.25, 0.3) is 0 Å². The van der Waals surface area contributed by atoms with E-state index < -0.39 is 4.92 Å². The van der Waals surface area contributed by atoms with Crippen LogP contribution in [0.3, 0.4) is 0 Å². The van der Waals surface area contributed by atoms with E-state index in [0.29, 0.717) is 18.2 Å². The zero-order valence-electron chi connectivity index (χ0n) is 12.3. The number of hydrogen-bond donors (Lipinski definition) is 2. The van der Waals surface area contributed by atoms with Gasteiger partial charge in [-0.2, -0.15) is 10.1 Å². The van der Waals surface area contributed by atoms with Gasteiger partial charge in [0.2, 0.25) is 11.8 Å². The van der Waals surface area contributed by atoms with Gasteiger partial charge in [0.15, 0.2) is 0 Å². The summed E-state index contributed by atoms with van der Waals surface area (Å²) in [5.74, 6) is 0.531. The molecule has 0 aromatic carbocycles. The second-order valence-corrected chi connectivity index (χ2v) is 4.60. The van der Waals surface area contributed by atoms with Gasteiger partial charge in [-0.3, -0.25) is 14.8 Å². The summed E-state index contributed by atoms with van der Waals surface area (Å²) in [5, 5.41) is 21.2.